The molecule has 1 atom stereocenters. The zero-order chi connectivity index (χ0) is 24.3. The maximum absolute atomic E-state index is 13.5. The Bertz CT molecular complexity index is 1060. The average Bonchev–Trinajstić information content (AvgIpc) is 2.86. The van der Waals surface area contributed by atoms with Crippen LogP contribution in [0.1, 0.15) is 24.5 Å². The summed E-state index contributed by atoms with van der Waals surface area (Å²) in [5, 5.41) is 3.48. The number of nitrogens with zero attached hydrogens (tertiary/aromatic N) is 1. The van der Waals surface area contributed by atoms with Crippen molar-refractivity contribution in [2.45, 2.75) is 32.4 Å². The quantitative estimate of drug-likeness (QED) is 0.417. The van der Waals surface area contributed by atoms with Gasteiger partial charge in [0.15, 0.2) is 6.61 Å². The fourth-order valence-corrected chi connectivity index (χ4v) is 3.59. The Kier molecular flexibility index (Phi) is 9.47. The van der Waals surface area contributed by atoms with Crippen LogP contribution in [0.4, 0.5) is 4.39 Å². The van der Waals surface area contributed by atoms with E-state index in [0.717, 1.165) is 12.0 Å². The van der Waals surface area contributed by atoms with E-state index in [9.17, 15) is 14.0 Å². The number of nitrogens with one attached hydrogen (secondary N) is 1. The topological polar surface area (TPSA) is 58.6 Å². The molecule has 0 fully saturated rings. The normalized spacial score (nSPS) is 11.5. The fourth-order valence-electron chi connectivity index (χ4n) is 3.47. The van der Waals surface area contributed by atoms with E-state index >= 15 is 0 Å². The molecule has 0 aliphatic rings. The minimum absolute atomic E-state index is 0.139. The molecule has 3 aromatic rings. The molecule has 0 radical (unpaired) electrons. The highest BCUT2D eigenvalue weighted by Gasteiger charge is 2.30. The second kappa shape index (κ2) is 12.8. The van der Waals surface area contributed by atoms with Crippen molar-refractivity contribution in [3.63, 3.8) is 0 Å². The van der Waals surface area contributed by atoms with Gasteiger partial charge in [-0.1, -0.05) is 61.0 Å². The van der Waals surface area contributed by atoms with Crippen molar-refractivity contribution in [1.29, 1.82) is 0 Å². The van der Waals surface area contributed by atoms with Gasteiger partial charge in [-0.3, -0.25) is 9.59 Å². The smallest absolute Gasteiger partial charge is 0.261 e. The van der Waals surface area contributed by atoms with Crippen LogP contribution in [-0.2, 0) is 22.6 Å². The van der Waals surface area contributed by atoms with E-state index < -0.39 is 6.04 Å². The van der Waals surface area contributed by atoms with Gasteiger partial charge in [-0.15, -0.1) is 0 Å². The molecule has 0 aliphatic heterocycles. The molecule has 0 heterocycles. The molecule has 0 saturated carbocycles. The largest absolute Gasteiger partial charge is 0.484 e. The summed E-state index contributed by atoms with van der Waals surface area (Å²) in [6.45, 7) is 2.35. The summed E-state index contributed by atoms with van der Waals surface area (Å²) in [7, 11) is 0. The van der Waals surface area contributed by atoms with Crippen LogP contribution in [0.25, 0.3) is 0 Å². The molecule has 178 valence electrons. The van der Waals surface area contributed by atoms with Crippen molar-refractivity contribution >= 4 is 23.4 Å². The Labute approximate surface area is 204 Å². The number of hydrogen-bond acceptors (Lipinski definition) is 3. The van der Waals surface area contributed by atoms with Gasteiger partial charge in [0.2, 0.25) is 5.91 Å². The Morgan fingerprint density at radius 2 is 1.65 bits per heavy atom. The number of carbonyl (C=O) groups is 2. The molecular weight excluding hydrogens is 455 g/mol. The van der Waals surface area contributed by atoms with Crippen molar-refractivity contribution in [1.82, 2.24) is 10.2 Å². The molecule has 5 nitrogen and oxygen atoms in total. The standard InChI is InChI=1S/C27H28ClFN2O3/c1-2-16-30-27(33)25(17-20-6-4-3-5-7-20)31(18-21-8-12-23(29)13-9-21)26(32)19-34-24-14-10-22(28)11-15-24/h3-15,25H,2,16-19H2,1H3,(H,30,33). The molecule has 0 aromatic heterocycles. The lowest BCUT2D eigenvalue weighted by Crippen LogP contribution is -2.51. The third-order valence-electron chi connectivity index (χ3n) is 5.26. The van der Waals surface area contributed by atoms with E-state index in [1.165, 1.54) is 17.0 Å². The van der Waals surface area contributed by atoms with E-state index in [1.807, 2.05) is 37.3 Å². The molecule has 0 aliphatic carbocycles. The predicted octanol–water partition coefficient (Wildman–Crippen LogP) is 5.02. The van der Waals surface area contributed by atoms with Crippen LogP contribution >= 0.6 is 11.6 Å². The third-order valence-corrected chi connectivity index (χ3v) is 5.51. The van der Waals surface area contributed by atoms with Crippen molar-refractivity contribution in [3.05, 3.63) is 101 Å². The van der Waals surface area contributed by atoms with Crippen molar-refractivity contribution in [2.75, 3.05) is 13.2 Å². The molecule has 2 amide bonds. The summed E-state index contributed by atoms with van der Waals surface area (Å²) in [5.41, 5.74) is 1.64. The first kappa shape index (κ1) is 25.2. The van der Waals surface area contributed by atoms with E-state index in [4.69, 9.17) is 16.3 Å². The summed E-state index contributed by atoms with van der Waals surface area (Å²) in [4.78, 5) is 28.1. The molecule has 0 saturated heterocycles. The van der Waals surface area contributed by atoms with Crippen molar-refractivity contribution in [2.24, 2.45) is 0 Å². The predicted molar refractivity (Wildman–Crippen MR) is 131 cm³/mol. The SMILES string of the molecule is CCCNC(=O)C(Cc1ccccc1)N(Cc1ccc(F)cc1)C(=O)COc1ccc(Cl)cc1. The molecule has 0 bridgehead atoms. The van der Waals surface area contributed by atoms with Gasteiger partial charge in [0.1, 0.15) is 17.6 Å². The van der Waals surface area contributed by atoms with Gasteiger partial charge in [0.05, 0.1) is 0 Å². The second-order valence-corrected chi connectivity index (χ2v) is 8.32. The van der Waals surface area contributed by atoms with E-state index in [0.29, 0.717) is 29.3 Å². The van der Waals surface area contributed by atoms with Gasteiger partial charge in [-0.25, -0.2) is 4.39 Å². The van der Waals surface area contributed by atoms with Crippen LogP contribution in [0.15, 0.2) is 78.9 Å². The lowest BCUT2D eigenvalue weighted by Gasteiger charge is -2.31. The monoisotopic (exact) mass is 482 g/mol. The van der Waals surface area contributed by atoms with Gasteiger partial charge in [0, 0.05) is 24.5 Å². The summed E-state index contributed by atoms with van der Waals surface area (Å²) >= 11 is 5.92. The molecule has 3 rings (SSSR count). The van der Waals surface area contributed by atoms with Gasteiger partial charge in [0.25, 0.3) is 5.91 Å². The molecule has 1 N–H and O–H groups in total. The zero-order valence-corrected chi connectivity index (χ0v) is 19.8. The van der Waals surface area contributed by atoms with Crippen LogP contribution in [0.3, 0.4) is 0 Å². The van der Waals surface area contributed by atoms with Crippen molar-refractivity contribution in [3.8, 4) is 5.75 Å². The van der Waals surface area contributed by atoms with Gasteiger partial charge >= 0.3 is 0 Å². The first-order valence-corrected chi connectivity index (χ1v) is 11.6. The summed E-state index contributed by atoms with van der Waals surface area (Å²) in [6, 6.07) is 21.4. The molecule has 7 heteroatoms. The lowest BCUT2D eigenvalue weighted by molar-refractivity contribution is -0.142. The van der Waals surface area contributed by atoms with Crippen LogP contribution in [0.5, 0.6) is 5.75 Å². The number of benzene rings is 3. The number of ether oxygens (including phenoxy) is 1. The minimum Gasteiger partial charge on any atom is -0.484 e. The molecular formula is C27H28ClFN2O3. The minimum atomic E-state index is -0.764. The lowest BCUT2D eigenvalue weighted by atomic mass is 10.0. The number of halogens is 2. The third kappa shape index (κ3) is 7.59. The van der Waals surface area contributed by atoms with Crippen LogP contribution in [0, 0.1) is 5.82 Å². The highest BCUT2D eigenvalue weighted by atomic mass is 35.5. The molecule has 0 spiro atoms. The Morgan fingerprint density at radius 3 is 2.29 bits per heavy atom. The van der Waals surface area contributed by atoms with Crippen LogP contribution in [-0.4, -0.2) is 35.9 Å². The number of amides is 2. The first-order chi connectivity index (χ1) is 16.5. The summed E-state index contributed by atoms with van der Waals surface area (Å²) in [6.07, 6.45) is 1.11. The van der Waals surface area contributed by atoms with Gasteiger partial charge < -0.3 is 15.0 Å². The van der Waals surface area contributed by atoms with E-state index in [1.54, 1.807) is 36.4 Å². The van der Waals surface area contributed by atoms with E-state index in [-0.39, 0.29) is 30.8 Å². The molecule has 3 aromatic carbocycles. The maximum atomic E-state index is 13.5. The summed E-state index contributed by atoms with van der Waals surface area (Å²) < 4.78 is 19.1. The van der Waals surface area contributed by atoms with Crippen LogP contribution in [0.2, 0.25) is 5.02 Å². The number of rotatable bonds is 11. The number of hydrogen-bond donors (Lipinski definition) is 1. The molecule has 34 heavy (non-hydrogen) atoms. The number of carbonyl (C=O) groups excluding carboxylic acids is 2. The Hall–Kier alpha value is -3.38. The van der Waals surface area contributed by atoms with Crippen LogP contribution < -0.4 is 10.1 Å². The first-order valence-electron chi connectivity index (χ1n) is 11.2. The van der Waals surface area contributed by atoms with E-state index in [2.05, 4.69) is 5.32 Å². The molecule has 1 unspecified atom stereocenters. The average molecular weight is 483 g/mol. The van der Waals surface area contributed by atoms with Crippen molar-refractivity contribution < 1.29 is 18.7 Å². The summed E-state index contributed by atoms with van der Waals surface area (Å²) in [5.74, 6) is -0.469. The second-order valence-electron chi connectivity index (χ2n) is 7.89. The highest BCUT2D eigenvalue weighted by Crippen LogP contribution is 2.18. The Morgan fingerprint density at radius 1 is 0.971 bits per heavy atom. The highest BCUT2D eigenvalue weighted by molar-refractivity contribution is 6.30. The van der Waals surface area contributed by atoms with Gasteiger partial charge in [-0.2, -0.15) is 0 Å². The fraction of sp³-hybridized carbons (Fsp3) is 0.259. The zero-order valence-electron chi connectivity index (χ0n) is 19.0. The Balaban J connectivity index is 1.87. The maximum Gasteiger partial charge on any atom is 0.261 e. The van der Waals surface area contributed by atoms with Gasteiger partial charge in [-0.05, 0) is 53.9 Å².